The van der Waals surface area contributed by atoms with Crippen molar-refractivity contribution < 1.29 is 4.79 Å². The molecule has 8 nitrogen and oxygen atoms in total. The number of nitrogens with one attached hydrogen (secondary N) is 1. The predicted octanol–water partition coefficient (Wildman–Crippen LogP) is 1.33. The van der Waals surface area contributed by atoms with Crippen molar-refractivity contribution >= 4 is 27.7 Å². The van der Waals surface area contributed by atoms with Crippen LogP contribution in [0.1, 0.15) is 10.5 Å². The first kappa shape index (κ1) is 13.6. The lowest BCUT2D eigenvalue weighted by Crippen LogP contribution is -2.15. The van der Waals surface area contributed by atoms with E-state index >= 15 is 0 Å². The summed E-state index contributed by atoms with van der Waals surface area (Å²) in [5.74, 6) is 0.196. The molecule has 0 fully saturated rings. The van der Waals surface area contributed by atoms with E-state index in [2.05, 4.69) is 36.5 Å². The Morgan fingerprint density at radius 2 is 2.14 bits per heavy atom. The summed E-state index contributed by atoms with van der Waals surface area (Å²) in [7, 11) is 1.78. The predicted molar refractivity (Wildman–Crippen MR) is 78.7 cm³/mol. The highest BCUT2D eigenvalue weighted by Gasteiger charge is 2.11. The van der Waals surface area contributed by atoms with Gasteiger partial charge in [-0.3, -0.25) is 14.2 Å². The second-order valence-electron chi connectivity index (χ2n) is 4.41. The maximum Gasteiger partial charge on any atom is 0.277 e. The molecule has 0 radical (unpaired) electrons. The zero-order valence-electron chi connectivity index (χ0n) is 11.1. The lowest BCUT2D eigenvalue weighted by Gasteiger charge is -2.01. The van der Waals surface area contributed by atoms with Gasteiger partial charge in [0.1, 0.15) is 6.67 Å². The van der Waals surface area contributed by atoms with Crippen molar-refractivity contribution in [3.8, 4) is 0 Å². The van der Waals surface area contributed by atoms with Gasteiger partial charge in [-0.1, -0.05) is 0 Å². The second kappa shape index (κ2) is 5.52. The van der Waals surface area contributed by atoms with E-state index in [1.165, 1.54) is 0 Å². The molecule has 21 heavy (non-hydrogen) atoms. The van der Waals surface area contributed by atoms with E-state index in [1.807, 2.05) is 6.20 Å². The molecule has 0 saturated heterocycles. The number of carbonyl (C=O) groups excluding carboxylic acids is 1. The molecule has 0 atom stereocenters. The number of hydrogen-bond donors (Lipinski definition) is 1. The molecule has 3 aromatic rings. The van der Waals surface area contributed by atoms with Crippen LogP contribution in [0.15, 0.2) is 41.4 Å². The van der Waals surface area contributed by atoms with Crippen LogP contribution in [-0.4, -0.2) is 35.2 Å². The van der Waals surface area contributed by atoms with Gasteiger partial charge in [0.25, 0.3) is 5.91 Å². The van der Waals surface area contributed by atoms with Gasteiger partial charge in [0.2, 0.25) is 0 Å². The Labute approximate surface area is 128 Å². The number of aryl methyl sites for hydroxylation is 1. The summed E-state index contributed by atoms with van der Waals surface area (Å²) in [5, 5.41) is 15.1. The van der Waals surface area contributed by atoms with Gasteiger partial charge in [-0.2, -0.15) is 15.3 Å². The highest BCUT2D eigenvalue weighted by molar-refractivity contribution is 9.10. The van der Waals surface area contributed by atoms with Crippen LogP contribution >= 0.6 is 15.9 Å². The normalized spacial score (nSPS) is 10.8. The molecular formula is C12H12BrN7O. The molecule has 1 N–H and O–H groups in total. The van der Waals surface area contributed by atoms with Gasteiger partial charge in [-0.25, -0.2) is 4.68 Å². The number of rotatable bonds is 4. The van der Waals surface area contributed by atoms with Gasteiger partial charge in [0.05, 0.1) is 10.7 Å². The Hall–Kier alpha value is -2.42. The first-order valence-corrected chi connectivity index (χ1v) is 6.92. The Kier molecular flexibility index (Phi) is 3.57. The number of anilines is 1. The number of hydrogen-bond acceptors (Lipinski definition) is 4. The van der Waals surface area contributed by atoms with Gasteiger partial charge < -0.3 is 5.32 Å². The van der Waals surface area contributed by atoms with Crippen LogP contribution in [0.4, 0.5) is 5.82 Å². The van der Waals surface area contributed by atoms with E-state index in [9.17, 15) is 4.79 Å². The average molecular weight is 350 g/mol. The summed E-state index contributed by atoms with van der Waals surface area (Å²) in [6, 6.07) is 3.37. The third-order valence-corrected chi connectivity index (χ3v) is 3.13. The van der Waals surface area contributed by atoms with Crippen LogP contribution in [0, 0.1) is 0 Å². The molecule has 0 aliphatic heterocycles. The maximum absolute atomic E-state index is 12.0. The first-order valence-electron chi connectivity index (χ1n) is 6.12. The number of halogens is 1. The summed E-state index contributed by atoms with van der Waals surface area (Å²) in [4.78, 5) is 12.0. The topological polar surface area (TPSA) is 82.6 Å². The Morgan fingerprint density at radius 1 is 1.29 bits per heavy atom. The molecule has 0 spiro atoms. The molecule has 108 valence electrons. The van der Waals surface area contributed by atoms with Crippen molar-refractivity contribution in [1.29, 1.82) is 0 Å². The molecule has 3 rings (SSSR count). The Balaban J connectivity index is 1.68. The Bertz CT molecular complexity index is 772. The molecule has 1 amide bonds. The van der Waals surface area contributed by atoms with Crippen molar-refractivity contribution in [1.82, 2.24) is 29.3 Å². The molecule has 0 aromatic carbocycles. The van der Waals surface area contributed by atoms with Crippen LogP contribution < -0.4 is 5.32 Å². The van der Waals surface area contributed by atoms with Crippen LogP contribution in [0.5, 0.6) is 0 Å². The van der Waals surface area contributed by atoms with Gasteiger partial charge in [0.15, 0.2) is 11.5 Å². The number of aromatic nitrogens is 6. The van der Waals surface area contributed by atoms with Crippen molar-refractivity contribution in [3.05, 3.63) is 47.1 Å². The fourth-order valence-corrected chi connectivity index (χ4v) is 2.12. The minimum Gasteiger partial charge on any atom is -0.304 e. The monoisotopic (exact) mass is 349 g/mol. The highest BCUT2D eigenvalue weighted by Crippen LogP contribution is 2.07. The van der Waals surface area contributed by atoms with Gasteiger partial charge in [-0.15, -0.1) is 0 Å². The summed E-state index contributed by atoms with van der Waals surface area (Å²) in [6.45, 7) is 0.433. The third kappa shape index (κ3) is 3.19. The SMILES string of the molecule is Cn1ccc(NC(=O)c2ccn(Cn3cc(Br)cn3)n2)n1. The number of nitrogens with zero attached hydrogens (tertiary/aromatic N) is 6. The molecule has 0 aliphatic rings. The van der Waals surface area contributed by atoms with E-state index in [0.717, 1.165) is 4.47 Å². The molecule has 0 saturated carbocycles. The first-order chi connectivity index (χ1) is 10.1. The van der Waals surface area contributed by atoms with Crippen molar-refractivity contribution in [2.75, 3.05) is 5.32 Å². The van der Waals surface area contributed by atoms with E-state index in [0.29, 0.717) is 18.2 Å². The standard InChI is InChI=1S/C12H12BrN7O/c1-18-4-3-11(17-18)15-12(21)10-2-5-19(16-10)8-20-7-9(13)6-14-20/h2-7H,8H2,1H3,(H,15,17,21). The Morgan fingerprint density at radius 3 is 2.81 bits per heavy atom. The number of carbonyl (C=O) groups is 1. The van der Waals surface area contributed by atoms with E-state index < -0.39 is 0 Å². The summed E-state index contributed by atoms with van der Waals surface area (Å²) >= 11 is 3.33. The lowest BCUT2D eigenvalue weighted by atomic mass is 10.4. The molecule has 3 heterocycles. The molecule has 0 bridgehead atoms. The minimum absolute atomic E-state index is 0.297. The van der Waals surface area contributed by atoms with E-state index in [-0.39, 0.29) is 5.91 Å². The van der Waals surface area contributed by atoms with Crippen molar-refractivity contribution in [3.63, 3.8) is 0 Å². The van der Waals surface area contributed by atoms with Crippen LogP contribution in [0.25, 0.3) is 0 Å². The van der Waals surface area contributed by atoms with Crippen LogP contribution in [-0.2, 0) is 13.7 Å². The quantitative estimate of drug-likeness (QED) is 0.770. The van der Waals surface area contributed by atoms with E-state index in [4.69, 9.17) is 0 Å². The summed E-state index contributed by atoms with van der Waals surface area (Å²) in [6.07, 6.45) is 7.00. The van der Waals surface area contributed by atoms with Crippen LogP contribution in [0.2, 0.25) is 0 Å². The van der Waals surface area contributed by atoms with Crippen LogP contribution in [0.3, 0.4) is 0 Å². The third-order valence-electron chi connectivity index (χ3n) is 2.72. The maximum atomic E-state index is 12.0. The minimum atomic E-state index is -0.297. The second-order valence-corrected chi connectivity index (χ2v) is 5.32. The average Bonchev–Trinajstić information content (AvgIpc) is 3.13. The van der Waals surface area contributed by atoms with Crippen molar-refractivity contribution in [2.45, 2.75) is 6.67 Å². The smallest absolute Gasteiger partial charge is 0.277 e. The molecule has 3 aromatic heterocycles. The molecule has 0 unspecified atom stereocenters. The largest absolute Gasteiger partial charge is 0.304 e. The molecular weight excluding hydrogens is 338 g/mol. The zero-order chi connectivity index (χ0) is 14.8. The lowest BCUT2D eigenvalue weighted by molar-refractivity contribution is 0.102. The number of amides is 1. The highest BCUT2D eigenvalue weighted by atomic mass is 79.9. The van der Waals surface area contributed by atoms with Crippen molar-refractivity contribution in [2.24, 2.45) is 7.05 Å². The zero-order valence-corrected chi connectivity index (χ0v) is 12.7. The van der Waals surface area contributed by atoms with Gasteiger partial charge >= 0.3 is 0 Å². The molecule has 9 heteroatoms. The van der Waals surface area contributed by atoms with Gasteiger partial charge in [0, 0.05) is 31.7 Å². The van der Waals surface area contributed by atoms with Gasteiger partial charge in [-0.05, 0) is 22.0 Å². The van der Waals surface area contributed by atoms with E-state index in [1.54, 1.807) is 51.8 Å². The fraction of sp³-hybridized carbons (Fsp3) is 0.167. The summed E-state index contributed by atoms with van der Waals surface area (Å²) in [5.41, 5.74) is 0.326. The molecule has 0 aliphatic carbocycles. The summed E-state index contributed by atoms with van der Waals surface area (Å²) < 4.78 is 5.84. The fourth-order valence-electron chi connectivity index (χ4n) is 1.79.